The predicted molar refractivity (Wildman–Crippen MR) is 97.0 cm³/mol. The van der Waals surface area contributed by atoms with Gasteiger partial charge in [0.15, 0.2) is 0 Å². The maximum Gasteiger partial charge on any atom is 0.251 e. The molecule has 0 unspecified atom stereocenters. The summed E-state index contributed by atoms with van der Waals surface area (Å²) >= 11 is 0. The number of hydrogen-bond donors (Lipinski definition) is 1. The van der Waals surface area contributed by atoms with Crippen molar-refractivity contribution >= 4 is 5.91 Å². The van der Waals surface area contributed by atoms with Crippen molar-refractivity contribution in [3.8, 4) is 11.6 Å². The van der Waals surface area contributed by atoms with Gasteiger partial charge in [-0.15, -0.1) is 0 Å². The van der Waals surface area contributed by atoms with Crippen molar-refractivity contribution in [3.63, 3.8) is 0 Å². The van der Waals surface area contributed by atoms with Crippen LogP contribution >= 0.6 is 0 Å². The van der Waals surface area contributed by atoms with Gasteiger partial charge >= 0.3 is 0 Å². The molecule has 6 heteroatoms. The fourth-order valence-electron chi connectivity index (χ4n) is 2.72. The monoisotopic (exact) mass is 340 g/mol. The van der Waals surface area contributed by atoms with Crippen molar-refractivity contribution in [3.05, 3.63) is 54.2 Å². The number of rotatable bonds is 6. The molecule has 1 fully saturated rings. The van der Waals surface area contributed by atoms with Crippen molar-refractivity contribution < 1.29 is 9.53 Å². The molecule has 3 rings (SSSR count). The van der Waals surface area contributed by atoms with Crippen LogP contribution in [0.5, 0.6) is 11.6 Å². The van der Waals surface area contributed by atoms with Gasteiger partial charge in [0.1, 0.15) is 5.75 Å². The number of carbonyl (C=O) groups is 1. The number of pyridine rings is 1. The lowest BCUT2D eigenvalue weighted by atomic mass is 10.2. The van der Waals surface area contributed by atoms with E-state index >= 15 is 0 Å². The zero-order valence-corrected chi connectivity index (χ0v) is 14.5. The maximum atomic E-state index is 12.3. The Balaban J connectivity index is 1.49. The molecule has 1 aromatic carbocycles. The van der Waals surface area contributed by atoms with Crippen LogP contribution in [0.2, 0.25) is 0 Å². The molecule has 2 heterocycles. The molecule has 0 spiro atoms. The summed E-state index contributed by atoms with van der Waals surface area (Å²) in [6, 6.07) is 12.8. The summed E-state index contributed by atoms with van der Waals surface area (Å²) in [5, 5.41) is 2.97. The summed E-state index contributed by atoms with van der Waals surface area (Å²) in [5.41, 5.74) is 0.555. The first-order valence-electron chi connectivity index (χ1n) is 8.59. The number of piperazine rings is 1. The second-order valence-electron chi connectivity index (χ2n) is 6.20. The first-order chi connectivity index (χ1) is 12.2. The molecule has 25 heavy (non-hydrogen) atoms. The van der Waals surface area contributed by atoms with E-state index in [9.17, 15) is 4.79 Å². The van der Waals surface area contributed by atoms with Gasteiger partial charge < -0.3 is 15.0 Å². The molecule has 0 bridgehead atoms. The van der Waals surface area contributed by atoms with Gasteiger partial charge in [0.25, 0.3) is 5.91 Å². The van der Waals surface area contributed by atoms with Gasteiger partial charge in [-0.1, -0.05) is 18.2 Å². The van der Waals surface area contributed by atoms with Crippen molar-refractivity contribution in [1.29, 1.82) is 0 Å². The number of carbonyl (C=O) groups excluding carboxylic acids is 1. The minimum Gasteiger partial charge on any atom is -0.439 e. The van der Waals surface area contributed by atoms with Gasteiger partial charge in [0.2, 0.25) is 5.88 Å². The van der Waals surface area contributed by atoms with Crippen molar-refractivity contribution in [1.82, 2.24) is 20.1 Å². The SMILES string of the molecule is CN1CCN(CCNC(=O)c2ccnc(Oc3ccccc3)c2)CC1. The first kappa shape index (κ1) is 17.4. The Morgan fingerprint density at radius 1 is 1.16 bits per heavy atom. The Morgan fingerprint density at radius 3 is 2.68 bits per heavy atom. The molecule has 1 aliphatic heterocycles. The molecule has 0 atom stereocenters. The van der Waals surface area contributed by atoms with Gasteiger partial charge in [-0.2, -0.15) is 0 Å². The molecule has 1 N–H and O–H groups in total. The van der Waals surface area contributed by atoms with Gasteiger partial charge in [-0.3, -0.25) is 9.69 Å². The highest BCUT2D eigenvalue weighted by atomic mass is 16.5. The average molecular weight is 340 g/mol. The largest absolute Gasteiger partial charge is 0.439 e. The van der Waals surface area contributed by atoms with Crippen LogP contribution in [-0.4, -0.2) is 67.0 Å². The van der Waals surface area contributed by atoms with Gasteiger partial charge in [0, 0.05) is 57.1 Å². The van der Waals surface area contributed by atoms with E-state index < -0.39 is 0 Å². The molecular formula is C19H24N4O2. The van der Waals surface area contributed by atoms with E-state index in [0.717, 1.165) is 32.7 Å². The number of para-hydroxylation sites is 1. The van der Waals surface area contributed by atoms with Crippen LogP contribution in [0.3, 0.4) is 0 Å². The second kappa shape index (κ2) is 8.60. The first-order valence-corrected chi connectivity index (χ1v) is 8.59. The summed E-state index contributed by atoms with van der Waals surface area (Å²) in [5.74, 6) is 1.01. The Hall–Kier alpha value is -2.44. The van der Waals surface area contributed by atoms with Gasteiger partial charge in [0.05, 0.1) is 0 Å². The smallest absolute Gasteiger partial charge is 0.251 e. The van der Waals surface area contributed by atoms with Crippen LogP contribution in [0.4, 0.5) is 0 Å². The molecule has 1 aliphatic rings. The minimum atomic E-state index is -0.102. The molecule has 6 nitrogen and oxygen atoms in total. The summed E-state index contributed by atoms with van der Waals surface area (Å²) < 4.78 is 5.67. The molecule has 2 aromatic rings. The third-order valence-electron chi connectivity index (χ3n) is 4.27. The highest BCUT2D eigenvalue weighted by molar-refractivity contribution is 5.94. The Kier molecular flexibility index (Phi) is 5.98. The summed E-state index contributed by atoms with van der Waals surface area (Å²) in [7, 11) is 2.14. The number of aromatic nitrogens is 1. The van der Waals surface area contributed by atoms with Crippen molar-refractivity contribution in [2.45, 2.75) is 0 Å². The highest BCUT2D eigenvalue weighted by Crippen LogP contribution is 2.19. The minimum absolute atomic E-state index is 0.102. The Bertz CT molecular complexity index is 685. The zero-order valence-electron chi connectivity index (χ0n) is 14.5. The molecule has 0 radical (unpaired) electrons. The molecule has 1 amide bonds. The van der Waals surface area contributed by atoms with E-state index in [0.29, 0.717) is 23.7 Å². The lowest BCUT2D eigenvalue weighted by molar-refractivity contribution is 0.0940. The number of benzene rings is 1. The Labute approximate surface area is 148 Å². The van der Waals surface area contributed by atoms with E-state index in [-0.39, 0.29) is 5.91 Å². The Morgan fingerprint density at radius 2 is 1.92 bits per heavy atom. The lowest BCUT2D eigenvalue weighted by Gasteiger charge is -2.32. The van der Waals surface area contributed by atoms with Crippen LogP contribution < -0.4 is 10.1 Å². The quantitative estimate of drug-likeness (QED) is 0.870. The lowest BCUT2D eigenvalue weighted by Crippen LogP contribution is -2.46. The number of hydrogen-bond acceptors (Lipinski definition) is 5. The van der Waals surface area contributed by atoms with E-state index in [4.69, 9.17) is 4.74 Å². The van der Waals surface area contributed by atoms with Crippen LogP contribution in [0.1, 0.15) is 10.4 Å². The third kappa shape index (κ3) is 5.27. The summed E-state index contributed by atoms with van der Waals surface area (Å²) in [4.78, 5) is 21.2. The molecular weight excluding hydrogens is 316 g/mol. The maximum absolute atomic E-state index is 12.3. The van der Waals surface area contributed by atoms with E-state index in [1.165, 1.54) is 0 Å². The van der Waals surface area contributed by atoms with Crippen LogP contribution in [0, 0.1) is 0 Å². The number of likely N-dealkylation sites (N-methyl/N-ethyl adjacent to an activating group) is 1. The van der Waals surface area contributed by atoms with Crippen LogP contribution in [0.15, 0.2) is 48.7 Å². The van der Waals surface area contributed by atoms with Crippen LogP contribution in [-0.2, 0) is 0 Å². The summed E-state index contributed by atoms with van der Waals surface area (Å²) in [6.45, 7) is 5.78. The van der Waals surface area contributed by atoms with E-state index in [2.05, 4.69) is 27.1 Å². The average Bonchev–Trinajstić information content (AvgIpc) is 2.64. The fourth-order valence-corrected chi connectivity index (χ4v) is 2.72. The number of nitrogens with zero attached hydrogens (tertiary/aromatic N) is 3. The molecule has 1 aromatic heterocycles. The third-order valence-corrected chi connectivity index (χ3v) is 4.27. The highest BCUT2D eigenvalue weighted by Gasteiger charge is 2.14. The van der Waals surface area contributed by atoms with Crippen LogP contribution in [0.25, 0.3) is 0 Å². The molecule has 0 aliphatic carbocycles. The van der Waals surface area contributed by atoms with Crippen molar-refractivity contribution in [2.75, 3.05) is 46.3 Å². The van der Waals surface area contributed by atoms with Gasteiger partial charge in [-0.05, 0) is 25.2 Å². The summed E-state index contributed by atoms with van der Waals surface area (Å²) in [6.07, 6.45) is 1.59. The predicted octanol–water partition coefficient (Wildman–Crippen LogP) is 1.85. The van der Waals surface area contributed by atoms with E-state index in [1.807, 2.05) is 30.3 Å². The zero-order chi connectivity index (χ0) is 17.5. The topological polar surface area (TPSA) is 57.7 Å². The standard InChI is InChI=1S/C19H24N4O2/c1-22-11-13-23(14-12-22)10-9-21-19(24)16-7-8-20-18(15-16)25-17-5-3-2-4-6-17/h2-8,15H,9-14H2,1H3,(H,21,24). The normalized spacial score (nSPS) is 15.7. The van der Waals surface area contributed by atoms with E-state index in [1.54, 1.807) is 18.3 Å². The number of nitrogens with one attached hydrogen (secondary N) is 1. The van der Waals surface area contributed by atoms with Gasteiger partial charge in [-0.25, -0.2) is 4.98 Å². The molecule has 132 valence electrons. The molecule has 1 saturated heterocycles. The molecule has 0 saturated carbocycles. The van der Waals surface area contributed by atoms with Crippen molar-refractivity contribution in [2.24, 2.45) is 0 Å². The fraction of sp³-hybridized carbons (Fsp3) is 0.368. The number of ether oxygens (including phenoxy) is 1. The second-order valence-corrected chi connectivity index (χ2v) is 6.20. The number of amides is 1.